The third-order valence-electron chi connectivity index (χ3n) is 4.40. The van der Waals surface area contributed by atoms with Crippen LogP contribution in [-0.2, 0) is 0 Å². The number of aromatic nitrogens is 2. The number of aliphatic hydroxyl groups is 1. The SMILES string of the molecule is CCCN(CCO)c1nc2cc(-c3ccc4[nH]ccc4c3)ccc2o1. The maximum Gasteiger partial charge on any atom is 0.298 e. The maximum atomic E-state index is 9.25. The summed E-state index contributed by atoms with van der Waals surface area (Å²) in [5.41, 5.74) is 4.99. The molecule has 2 heterocycles. The Morgan fingerprint density at radius 1 is 1.08 bits per heavy atom. The Kier molecular flexibility index (Phi) is 4.15. The number of fused-ring (bicyclic) bond motifs is 2. The van der Waals surface area contributed by atoms with Gasteiger partial charge in [-0.3, -0.25) is 0 Å². The van der Waals surface area contributed by atoms with Crippen LogP contribution in [-0.4, -0.2) is 34.8 Å². The Bertz CT molecular complexity index is 996. The number of aliphatic hydroxyl groups excluding tert-OH is 1. The van der Waals surface area contributed by atoms with E-state index in [0.717, 1.165) is 40.7 Å². The van der Waals surface area contributed by atoms with Crippen molar-refractivity contribution < 1.29 is 9.52 Å². The lowest BCUT2D eigenvalue weighted by Crippen LogP contribution is -2.27. The van der Waals surface area contributed by atoms with E-state index in [9.17, 15) is 5.11 Å². The van der Waals surface area contributed by atoms with E-state index in [0.29, 0.717) is 12.6 Å². The van der Waals surface area contributed by atoms with Gasteiger partial charge in [-0.2, -0.15) is 4.98 Å². The molecule has 25 heavy (non-hydrogen) atoms. The molecule has 4 rings (SSSR count). The summed E-state index contributed by atoms with van der Waals surface area (Å²) in [5, 5.41) is 10.4. The van der Waals surface area contributed by atoms with Crippen LogP contribution >= 0.6 is 0 Å². The molecule has 0 radical (unpaired) electrons. The average molecular weight is 335 g/mol. The number of hydrogen-bond donors (Lipinski definition) is 2. The second-order valence-electron chi connectivity index (χ2n) is 6.17. The van der Waals surface area contributed by atoms with Crippen LogP contribution in [0.1, 0.15) is 13.3 Å². The van der Waals surface area contributed by atoms with Crippen LogP contribution in [0, 0.1) is 0 Å². The molecule has 5 nitrogen and oxygen atoms in total. The molecule has 2 aromatic heterocycles. The van der Waals surface area contributed by atoms with E-state index in [-0.39, 0.29) is 6.61 Å². The molecule has 0 aliphatic heterocycles. The van der Waals surface area contributed by atoms with Gasteiger partial charge in [-0.25, -0.2) is 0 Å². The van der Waals surface area contributed by atoms with E-state index in [1.54, 1.807) is 0 Å². The molecule has 2 aromatic carbocycles. The molecule has 2 N–H and O–H groups in total. The highest BCUT2D eigenvalue weighted by Gasteiger charge is 2.13. The predicted octanol–water partition coefficient (Wildman–Crippen LogP) is 4.18. The van der Waals surface area contributed by atoms with Crippen molar-refractivity contribution in [1.82, 2.24) is 9.97 Å². The fourth-order valence-electron chi connectivity index (χ4n) is 3.16. The van der Waals surface area contributed by atoms with Crippen molar-refractivity contribution in [3.63, 3.8) is 0 Å². The Morgan fingerprint density at radius 2 is 1.92 bits per heavy atom. The monoisotopic (exact) mass is 335 g/mol. The van der Waals surface area contributed by atoms with Gasteiger partial charge in [-0.15, -0.1) is 0 Å². The molecule has 0 unspecified atom stereocenters. The quantitative estimate of drug-likeness (QED) is 0.555. The zero-order valence-corrected chi connectivity index (χ0v) is 14.2. The van der Waals surface area contributed by atoms with Crippen LogP contribution < -0.4 is 4.90 Å². The first-order valence-corrected chi connectivity index (χ1v) is 8.62. The van der Waals surface area contributed by atoms with Crippen molar-refractivity contribution in [3.8, 4) is 11.1 Å². The number of aromatic amines is 1. The van der Waals surface area contributed by atoms with Crippen molar-refractivity contribution >= 4 is 28.0 Å². The molecule has 0 bridgehead atoms. The lowest BCUT2D eigenvalue weighted by Gasteiger charge is -2.17. The van der Waals surface area contributed by atoms with Crippen LogP contribution in [0.15, 0.2) is 53.1 Å². The number of nitrogens with zero attached hydrogens (tertiary/aromatic N) is 2. The average Bonchev–Trinajstić information content (AvgIpc) is 3.26. The summed E-state index contributed by atoms with van der Waals surface area (Å²) in [4.78, 5) is 9.82. The fraction of sp³-hybridized carbons (Fsp3) is 0.250. The largest absolute Gasteiger partial charge is 0.423 e. The van der Waals surface area contributed by atoms with E-state index in [4.69, 9.17) is 4.42 Å². The van der Waals surface area contributed by atoms with Gasteiger partial charge in [-0.1, -0.05) is 19.1 Å². The molecule has 0 amide bonds. The van der Waals surface area contributed by atoms with Gasteiger partial charge in [0.25, 0.3) is 6.01 Å². The molecular formula is C20H21N3O2. The van der Waals surface area contributed by atoms with Crippen LogP contribution in [0.25, 0.3) is 33.1 Å². The second-order valence-corrected chi connectivity index (χ2v) is 6.17. The summed E-state index contributed by atoms with van der Waals surface area (Å²) in [6, 6.07) is 15.1. The number of rotatable bonds is 6. The highest BCUT2D eigenvalue weighted by molar-refractivity contribution is 5.87. The predicted molar refractivity (Wildman–Crippen MR) is 101 cm³/mol. The molecule has 0 saturated carbocycles. The van der Waals surface area contributed by atoms with Gasteiger partial charge in [-0.05, 0) is 53.3 Å². The normalized spacial score (nSPS) is 11.4. The minimum Gasteiger partial charge on any atom is -0.423 e. The zero-order valence-electron chi connectivity index (χ0n) is 14.2. The lowest BCUT2D eigenvalue weighted by molar-refractivity contribution is 0.299. The van der Waals surface area contributed by atoms with Crippen molar-refractivity contribution in [3.05, 3.63) is 48.7 Å². The van der Waals surface area contributed by atoms with Gasteiger partial charge < -0.3 is 19.4 Å². The first kappa shape index (κ1) is 15.7. The highest BCUT2D eigenvalue weighted by Crippen LogP contribution is 2.29. The third kappa shape index (κ3) is 2.98. The highest BCUT2D eigenvalue weighted by atomic mass is 16.4. The van der Waals surface area contributed by atoms with Gasteiger partial charge in [0.05, 0.1) is 6.61 Å². The summed E-state index contributed by atoms with van der Waals surface area (Å²) in [6.45, 7) is 3.52. The van der Waals surface area contributed by atoms with Crippen molar-refractivity contribution in [2.75, 3.05) is 24.6 Å². The van der Waals surface area contributed by atoms with Crippen LogP contribution in [0.3, 0.4) is 0 Å². The molecule has 128 valence electrons. The van der Waals surface area contributed by atoms with E-state index < -0.39 is 0 Å². The summed E-state index contributed by atoms with van der Waals surface area (Å²) in [7, 11) is 0. The van der Waals surface area contributed by atoms with Gasteiger partial charge in [0, 0.05) is 24.8 Å². The Balaban J connectivity index is 1.71. The topological polar surface area (TPSA) is 65.3 Å². The summed E-state index contributed by atoms with van der Waals surface area (Å²) in [6.07, 6.45) is 2.92. The van der Waals surface area contributed by atoms with Gasteiger partial charge in [0.1, 0.15) is 5.52 Å². The van der Waals surface area contributed by atoms with Gasteiger partial charge in [0.2, 0.25) is 0 Å². The van der Waals surface area contributed by atoms with Crippen molar-refractivity contribution in [1.29, 1.82) is 0 Å². The lowest BCUT2D eigenvalue weighted by atomic mass is 10.0. The fourth-order valence-corrected chi connectivity index (χ4v) is 3.16. The second kappa shape index (κ2) is 6.61. The molecular weight excluding hydrogens is 314 g/mol. The number of H-pyrrole nitrogens is 1. The molecule has 4 aromatic rings. The first-order chi connectivity index (χ1) is 12.3. The van der Waals surface area contributed by atoms with Crippen LogP contribution in [0.5, 0.6) is 0 Å². The number of hydrogen-bond acceptors (Lipinski definition) is 4. The Hall–Kier alpha value is -2.79. The molecule has 0 saturated heterocycles. The summed E-state index contributed by atoms with van der Waals surface area (Å²) in [5.74, 6) is 0. The van der Waals surface area contributed by atoms with E-state index >= 15 is 0 Å². The first-order valence-electron chi connectivity index (χ1n) is 8.62. The van der Waals surface area contributed by atoms with E-state index in [1.165, 1.54) is 5.39 Å². The molecule has 0 aliphatic carbocycles. The van der Waals surface area contributed by atoms with E-state index in [1.807, 2.05) is 17.2 Å². The van der Waals surface area contributed by atoms with Crippen molar-refractivity contribution in [2.45, 2.75) is 13.3 Å². The smallest absolute Gasteiger partial charge is 0.298 e. The summed E-state index contributed by atoms with van der Waals surface area (Å²) >= 11 is 0. The summed E-state index contributed by atoms with van der Waals surface area (Å²) < 4.78 is 5.88. The van der Waals surface area contributed by atoms with Gasteiger partial charge in [0.15, 0.2) is 5.58 Å². The minimum absolute atomic E-state index is 0.0840. The molecule has 0 spiro atoms. The molecule has 0 atom stereocenters. The van der Waals surface area contributed by atoms with Crippen LogP contribution in [0.4, 0.5) is 6.01 Å². The minimum atomic E-state index is 0.0840. The van der Waals surface area contributed by atoms with Crippen molar-refractivity contribution in [2.24, 2.45) is 0 Å². The molecule has 5 heteroatoms. The standard InChI is InChI=1S/C20H21N3O2/c1-2-9-23(10-11-24)20-22-18-13-15(4-6-19(18)25-20)14-3-5-17-16(12-14)7-8-21-17/h3-8,12-13,21,24H,2,9-11H2,1H3. The van der Waals surface area contributed by atoms with Gasteiger partial charge >= 0.3 is 0 Å². The number of anilines is 1. The zero-order chi connectivity index (χ0) is 17.2. The third-order valence-corrected chi connectivity index (χ3v) is 4.40. The number of nitrogens with one attached hydrogen (secondary N) is 1. The maximum absolute atomic E-state index is 9.25. The van der Waals surface area contributed by atoms with Crippen LogP contribution in [0.2, 0.25) is 0 Å². The van der Waals surface area contributed by atoms with E-state index in [2.05, 4.69) is 53.3 Å². The Labute approximate surface area is 145 Å². The molecule has 0 fully saturated rings. The molecule has 0 aliphatic rings. The Morgan fingerprint density at radius 3 is 2.76 bits per heavy atom. The number of benzene rings is 2. The number of oxazole rings is 1.